The summed E-state index contributed by atoms with van der Waals surface area (Å²) in [7, 11) is 0. The summed E-state index contributed by atoms with van der Waals surface area (Å²) in [6, 6.07) is 1.71. The highest BCUT2D eigenvalue weighted by Crippen LogP contribution is 2.30. The Labute approximate surface area is 119 Å². The standard InChI is InChI=1S/C13H14ClF4NO/c1-2-3-9(14)7-19-12(20)10-6-8(13(16,17)18)4-5-11(10)15/h4-6,9H,2-3,7H2,1H3,(H,19,20). The third-order valence-electron chi connectivity index (χ3n) is 2.62. The van der Waals surface area contributed by atoms with Gasteiger partial charge in [-0.1, -0.05) is 13.3 Å². The number of nitrogens with one attached hydrogen (secondary N) is 1. The maximum Gasteiger partial charge on any atom is 0.416 e. The van der Waals surface area contributed by atoms with Gasteiger partial charge in [-0.05, 0) is 24.6 Å². The van der Waals surface area contributed by atoms with E-state index in [1.807, 2.05) is 6.92 Å². The second-order valence-electron chi connectivity index (χ2n) is 4.29. The number of alkyl halides is 4. The number of amides is 1. The number of carbonyl (C=O) groups is 1. The molecule has 1 aromatic rings. The minimum absolute atomic E-state index is 0.0733. The van der Waals surface area contributed by atoms with Gasteiger partial charge in [0.15, 0.2) is 0 Å². The van der Waals surface area contributed by atoms with E-state index in [4.69, 9.17) is 11.6 Å². The van der Waals surface area contributed by atoms with Crippen molar-refractivity contribution in [1.29, 1.82) is 0 Å². The average molecular weight is 312 g/mol. The van der Waals surface area contributed by atoms with Crippen LogP contribution in [0.2, 0.25) is 0 Å². The first kappa shape index (κ1) is 16.8. The van der Waals surface area contributed by atoms with Crippen molar-refractivity contribution in [3.8, 4) is 0 Å². The third-order valence-corrected chi connectivity index (χ3v) is 3.00. The van der Waals surface area contributed by atoms with Crippen LogP contribution in [0, 0.1) is 5.82 Å². The van der Waals surface area contributed by atoms with E-state index in [1.165, 1.54) is 0 Å². The molecule has 1 atom stereocenters. The van der Waals surface area contributed by atoms with Gasteiger partial charge in [0.05, 0.1) is 16.5 Å². The zero-order valence-corrected chi connectivity index (χ0v) is 11.5. The van der Waals surface area contributed by atoms with E-state index < -0.39 is 29.0 Å². The normalized spacial score (nSPS) is 13.1. The van der Waals surface area contributed by atoms with Gasteiger partial charge < -0.3 is 5.32 Å². The van der Waals surface area contributed by atoms with Gasteiger partial charge in [0, 0.05) is 6.54 Å². The summed E-state index contributed by atoms with van der Waals surface area (Å²) < 4.78 is 50.9. The fourth-order valence-corrected chi connectivity index (χ4v) is 1.88. The summed E-state index contributed by atoms with van der Waals surface area (Å²) in [4.78, 5) is 11.7. The fraction of sp³-hybridized carbons (Fsp3) is 0.462. The number of rotatable bonds is 5. The van der Waals surface area contributed by atoms with Crippen LogP contribution in [0.3, 0.4) is 0 Å². The largest absolute Gasteiger partial charge is 0.416 e. The Hall–Kier alpha value is -1.30. The quantitative estimate of drug-likeness (QED) is 0.647. The van der Waals surface area contributed by atoms with Crippen molar-refractivity contribution in [2.45, 2.75) is 31.3 Å². The van der Waals surface area contributed by atoms with E-state index in [2.05, 4.69) is 5.32 Å². The van der Waals surface area contributed by atoms with E-state index >= 15 is 0 Å². The maximum absolute atomic E-state index is 13.4. The van der Waals surface area contributed by atoms with E-state index in [-0.39, 0.29) is 11.9 Å². The molecule has 0 radical (unpaired) electrons. The van der Waals surface area contributed by atoms with Crippen molar-refractivity contribution in [2.75, 3.05) is 6.54 Å². The van der Waals surface area contributed by atoms with E-state index in [1.54, 1.807) is 0 Å². The van der Waals surface area contributed by atoms with Gasteiger partial charge in [-0.15, -0.1) is 11.6 Å². The van der Waals surface area contributed by atoms with E-state index in [0.717, 1.165) is 6.42 Å². The fourth-order valence-electron chi connectivity index (χ4n) is 1.59. The zero-order valence-electron chi connectivity index (χ0n) is 10.7. The first-order chi connectivity index (χ1) is 9.25. The predicted octanol–water partition coefficient (Wildman–Crippen LogP) is 3.98. The van der Waals surface area contributed by atoms with E-state index in [9.17, 15) is 22.4 Å². The smallest absolute Gasteiger partial charge is 0.350 e. The Kier molecular flexibility index (Phi) is 5.80. The highest BCUT2D eigenvalue weighted by Gasteiger charge is 2.31. The molecule has 0 aliphatic rings. The van der Waals surface area contributed by atoms with Crippen molar-refractivity contribution in [1.82, 2.24) is 5.32 Å². The molecule has 0 aromatic heterocycles. The second-order valence-corrected chi connectivity index (χ2v) is 4.91. The van der Waals surface area contributed by atoms with Crippen LogP contribution in [0.15, 0.2) is 18.2 Å². The lowest BCUT2D eigenvalue weighted by molar-refractivity contribution is -0.137. The summed E-state index contributed by atoms with van der Waals surface area (Å²) in [5, 5.41) is 1.99. The lowest BCUT2D eigenvalue weighted by Crippen LogP contribution is -2.30. The topological polar surface area (TPSA) is 29.1 Å². The molecule has 0 aliphatic carbocycles. The molecule has 1 unspecified atom stereocenters. The number of halogens is 5. The van der Waals surface area contributed by atoms with Crippen LogP contribution in [-0.4, -0.2) is 17.8 Å². The predicted molar refractivity (Wildman–Crippen MR) is 68.3 cm³/mol. The first-order valence-electron chi connectivity index (χ1n) is 6.04. The van der Waals surface area contributed by atoms with Crippen molar-refractivity contribution in [3.05, 3.63) is 35.1 Å². The molecular weight excluding hydrogens is 298 g/mol. The molecule has 0 fully saturated rings. The molecule has 0 heterocycles. The molecule has 1 N–H and O–H groups in total. The maximum atomic E-state index is 13.4. The molecule has 0 spiro atoms. The van der Waals surface area contributed by atoms with Crippen molar-refractivity contribution < 1.29 is 22.4 Å². The Morgan fingerprint density at radius 3 is 2.60 bits per heavy atom. The molecule has 7 heteroatoms. The van der Waals surface area contributed by atoms with Crippen LogP contribution in [-0.2, 0) is 6.18 Å². The molecule has 20 heavy (non-hydrogen) atoms. The van der Waals surface area contributed by atoms with Gasteiger partial charge in [-0.2, -0.15) is 13.2 Å². The molecule has 1 rings (SSSR count). The Morgan fingerprint density at radius 2 is 2.05 bits per heavy atom. The molecule has 0 aliphatic heterocycles. The van der Waals surface area contributed by atoms with Gasteiger partial charge in [0.1, 0.15) is 5.82 Å². The molecule has 2 nitrogen and oxygen atoms in total. The van der Waals surface area contributed by atoms with Crippen LogP contribution in [0.1, 0.15) is 35.7 Å². The van der Waals surface area contributed by atoms with Crippen molar-refractivity contribution >= 4 is 17.5 Å². The van der Waals surface area contributed by atoms with Crippen LogP contribution in [0.25, 0.3) is 0 Å². The molecular formula is C13H14ClF4NO. The first-order valence-corrected chi connectivity index (χ1v) is 6.48. The number of hydrogen-bond acceptors (Lipinski definition) is 1. The second kappa shape index (κ2) is 6.92. The lowest BCUT2D eigenvalue weighted by Gasteiger charge is -2.12. The van der Waals surface area contributed by atoms with Gasteiger partial charge in [-0.25, -0.2) is 4.39 Å². The summed E-state index contributed by atoms with van der Waals surface area (Å²) in [6.07, 6.45) is -3.17. The van der Waals surface area contributed by atoms with Crippen molar-refractivity contribution in [3.63, 3.8) is 0 Å². The van der Waals surface area contributed by atoms with E-state index in [0.29, 0.717) is 24.6 Å². The SMILES string of the molecule is CCCC(Cl)CNC(=O)c1cc(C(F)(F)F)ccc1F. The minimum atomic E-state index is -4.63. The Bertz CT molecular complexity index is 476. The molecule has 0 saturated heterocycles. The Morgan fingerprint density at radius 1 is 1.40 bits per heavy atom. The van der Waals surface area contributed by atoms with Gasteiger partial charge in [0.25, 0.3) is 5.91 Å². The molecule has 112 valence electrons. The summed E-state index contributed by atoms with van der Waals surface area (Å²) in [5.41, 5.74) is -1.71. The summed E-state index contributed by atoms with van der Waals surface area (Å²) >= 11 is 5.87. The molecule has 1 aromatic carbocycles. The molecule has 0 bridgehead atoms. The summed E-state index contributed by atoms with van der Waals surface area (Å²) in [5.74, 6) is -1.91. The highest BCUT2D eigenvalue weighted by molar-refractivity contribution is 6.20. The highest BCUT2D eigenvalue weighted by atomic mass is 35.5. The number of benzene rings is 1. The van der Waals surface area contributed by atoms with Gasteiger partial charge >= 0.3 is 6.18 Å². The molecule has 0 saturated carbocycles. The van der Waals surface area contributed by atoms with Gasteiger partial charge in [-0.3, -0.25) is 4.79 Å². The number of hydrogen-bond donors (Lipinski definition) is 1. The summed E-state index contributed by atoms with van der Waals surface area (Å²) in [6.45, 7) is 1.98. The monoisotopic (exact) mass is 311 g/mol. The van der Waals surface area contributed by atoms with Crippen molar-refractivity contribution in [2.24, 2.45) is 0 Å². The van der Waals surface area contributed by atoms with Crippen LogP contribution in [0.4, 0.5) is 17.6 Å². The zero-order chi connectivity index (χ0) is 15.3. The van der Waals surface area contributed by atoms with Crippen LogP contribution >= 0.6 is 11.6 Å². The van der Waals surface area contributed by atoms with Gasteiger partial charge in [0.2, 0.25) is 0 Å². The number of carbonyl (C=O) groups excluding carboxylic acids is 1. The average Bonchev–Trinajstić information content (AvgIpc) is 2.35. The third kappa shape index (κ3) is 4.67. The molecule has 1 amide bonds. The van der Waals surface area contributed by atoms with Crippen LogP contribution < -0.4 is 5.32 Å². The minimum Gasteiger partial charge on any atom is -0.350 e. The lowest BCUT2D eigenvalue weighted by atomic mass is 10.1. The van der Waals surface area contributed by atoms with Crippen LogP contribution in [0.5, 0.6) is 0 Å². The Balaban J connectivity index is 2.82.